The lowest BCUT2D eigenvalue weighted by atomic mass is 10.2. The number of aromatic hydroxyl groups is 1. The van der Waals surface area contributed by atoms with Gasteiger partial charge in [0.2, 0.25) is 5.43 Å². The van der Waals surface area contributed by atoms with Crippen molar-refractivity contribution in [3.8, 4) is 5.75 Å². The van der Waals surface area contributed by atoms with Crippen LogP contribution in [0.25, 0.3) is 0 Å². The lowest BCUT2D eigenvalue weighted by Crippen LogP contribution is -2.44. The summed E-state index contributed by atoms with van der Waals surface area (Å²) in [4.78, 5) is 27.1. The first kappa shape index (κ1) is 15.5. The zero-order valence-electron chi connectivity index (χ0n) is 12.4. The van der Waals surface area contributed by atoms with Gasteiger partial charge in [0.25, 0.3) is 0 Å². The second-order valence-electron chi connectivity index (χ2n) is 5.50. The van der Waals surface area contributed by atoms with E-state index in [9.17, 15) is 14.7 Å². The van der Waals surface area contributed by atoms with Gasteiger partial charge in [-0.15, -0.1) is 0 Å². The number of aromatic nitrogens is 1. The molecule has 0 bridgehead atoms. The molecule has 0 unspecified atom stereocenters. The smallest absolute Gasteiger partial charge is 0.323 e. The van der Waals surface area contributed by atoms with E-state index in [1.807, 2.05) is 7.05 Å². The average Bonchev–Trinajstić information content (AvgIpc) is 2.42. The molecule has 0 aliphatic carbocycles. The van der Waals surface area contributed by atoms with Crippen molar-refractivity contribution < 1.29 is 15.0 Å². The molecule has 1 aromatic rings. The minimum absolute atomic E-state index is 0.261. The minimum Gasteiger partial charge on any atom is -0.503 e. The van der Waals surface area contributed by atoms with E-state index in [0.29, 0.717) is 17.9 Å². The molecule has 7 nitrogen and oxygen atoms in total. The molecule has 2 heterocycles. The number of aliphatic carboxylic acids is 1. The van der Waals surface area contributed by atoms with Crippen LogP contribution in [0.3, 0.4) is 0 Å². The molecule has 0 saturated carbocycles. The number of carboxylic acids is 1. The van der Waals surface area contributed by atoms with Crippen LogP contribution in [0.2, 0.25) is 0 Å². The first-order valence-corrected chi connectivity index (χ1v) is 6.93. The molecule has 1 aliphatic rings. The normalized spacial score (nSPS) is 17.0. The Bertz CT molecular complexity index is 589. The predicted molar refractivity (Wildman–Crippen MR) is 77.5 cm³/mol. The van der Waals surface area contributed by atoms with Crippen LogP contribution >= 0.6 is 0 Å². The number of pyridine rings is 1. The summed E-state index contributed by atoms with van der Waals surface area (Å²) in [5.41, 5.74) is 0.467. The molecular weight excluding hydrogens is 274 g/mol. The standard InChI is InChI=1S/C14H21N3O4/c1-10-7-12(18)14(21)11(17(10)9-13(19)20)8-16-5-3-15(2)4-6-16/h7,21H,3-6,8-9H2,1-2H3,(H,19,20). The van der Waals surface area contributed by atoms with E-state index in [1.54, 1.807) is 6.92 Å². The maximum atomic E-state index is 11.8. The first-order chi connectivity index (χ1) is 9.88. The van der Waals surface area contributed by atoms with Gasteiger partial charge in [-0.2, -0.15) is 0 Å². The number of nitrogens with zero attached hydrogens (tertiary/aromatic N) is 3. The van der Waals surface area contributed by atoms with Crippen molar-refractivity contribution in [1.29, 1.82) is 0 Å². The Morgan fingerprint density at radius 3 is 2.48 bits per heavy atom. The molecule has 1 saturated heterocycles. The highest BCUT2D eigenvalue weighted by Crippen LogP contribution is 2.17. The van der Waals surface area contributed by atoms with Gasteiger partial charge in [-0.25, -0.2) is 0 Å². The van der Waals surface area contributed by atoms with E-state index in [2.05, 4.69) is 9.80 Å². The molecule has 0 spiro atoms. The highest BCUT2D eigenvalue weighted by Gasteiger charge is 2.20. The third-order valence-corrected chi connectivity index (χ3v) is 3.86. The van der Waals surface area contributed by atoms with Crippen molar-refractivity contribution >= 4 is 5.97 Å². The first-order valence-electron chi connectivity index (χ1n) is 6.93. The predicted octanol–water partition coefficient (Wildman–Crippen LogP) is -0.306. The topological polar surface area (TPSA) is 86.0 Å². The molecule has 1 aromatic heterocycles. The molecule has 21 heavy (non-hydrogen) atoms. The number of carboxylic acid groups (broad SMARTS) is 1. The number of carbonyl (C=O) groups is 1. The van der Waals surface area contributed by atoms with Crippen LogP contribution in [0.5, 0.6) is 5.75 Å². The van der Waals surface area contributed by atoms with Crippen molar-refractivity contribution in [3.63, 3.8) is 0 Å². The Morgan fingerprint density at radius 1 is 1.29 bits per heavy atom. The Kier molecular flexibility index (Phi) is 4.64. The number of hydrogen-bond acceptors (Lipinski definition) is 5. The quantitative estimate of drug-likeness (QED) is 0.793. The minimum atomic E-state index is -0.999. The molecule has 0 atom stereocenters. The van der Waals surface area contributed by atoms with Gasteiger partial charge in [-0.1, -0.05) is 0 Å². The zero-order chi connectivity index (χ0) is 15.6. The van der Waals surface area contributed by atoms with Gasteiger partial charge in [0.1, 0.15) is 6.54 Å². The largest absolute Gasteiger partial charge is 0.503 e. The van der Waals surface area contributed by atoms with Crippen LogP contribution in [-0.4, -0.2) is 63.8 Å². The molecule has 7 heteroatoms. The number of rotatable bonds is 4. The average molecular weight is 295 g/mol. The summed E-state index contributed by atoms with van der Waals surface area (Å²) < 4.78 is 1.50. The van der Waals surface area contributed by atoms with Crippen LogP contribution in [-0.2, 0) is 17.9 Å². The Labute approximate surface area is 123 Å². The summed E-state index contributed by atoms with van der Waals surface area (Å²) in [5.74, 6) is -1.35. The highest BCUT2D eigenvalue weighted by molar-refractivity contribution is 5.67. The fourth-order valence-electron chi connectivity index (χ4n) is 2.55. The van der Waals surface area contributed by atoms with E-state index in [0.717, 1.165) is 26.2 Å². The van der Waals surface area contributed by atoms with Gasteiger partial charge in [-0.05, 0) is 14.0 Å². The molecule has 1 aliphatic heterocycles. The Morgan fingerprint density at radius 2 is 1.90 bits per heavy atom. The highest BCUT2D eigenvalue weighted by atomic mass is 16.4. The number of hydrogen-bond donors (Lipinski definition) is 2. The molecule has 116 valence electrons. The fraction of sp³-hybridized carbons (Fsp3) is 0.571. The SMILES string of the molecule is Cc1cc(=O)c(O)c(CN2CCN(C)CC2)n1CC(=O)O. The number of aryl methyl sites for hydroxylation is 1. The third kappa shape index (κ3) is 3.62. The van der Waals surface area contributed by atoms with Gasteiger partial charge in [0, 0.05) is 44.5 Å². The summed E-state index contributed by atoms with van der Waals surface area (Å²) in [6.07, 6.45) is 0. The van der Waals surface area contributed by atoms with Crippen molar-refractivity contribution in [1.82, 2.24) is 14.4 Å². The van der Waals surface area contributed by atoms with Crippen LogP contribution < -0.4 is 5.43 Å². The van der Waals surface area contributed by atoms with Gasteiger partial charge in [0.05, 0.1) is 5.69 Å². The molecule has 2 rings (SSSR count). The van der Waals surface area contributed by atoms with Crippen LogP contribution in [0.1, 0.15) is 11.4 Å². The molecule has 0 radical (unpaired) electrons. The third-order valence-electron chi connectivity index (χ3n) is 3.86. The monoisotopic (exact) mass is 295 g/mol. The summed E-state index contributed by atoms with van der Waals surface area (Å²) in [7, 11) is 2.04. The second-order valence-corrected chi connectivity index (χ2v) is 5.50. The number of piperazine rings is 1. The van der Waals surface area contributed by atoms with E-state index < -0.39 is 11.4 Å². The zero-order valence-corrected chi connectivity index (χ0v) is 12.4. The van der Waals surface area contributed by atoms with E-state index in [1.165, 1.54) is 10.6 Å². The molecular formula is C14H21N3O4. The summed E-state index contributed by atoms with van der Waals surface area (Å²) in [5, 5.41) is 19.1. The van der Waals surface area contributed by atoms with Crippen molar-refractivity contribution in [2.24, 2.45) is 0 Å². The second kappa shape index (κ2) is 6.28. The van der Waals surface area contributed by atoms with Gasteiger partial charge in [0.15, 0.2) is 5.75 Å². The summed E-state index contributed by atoms with van der Waals surface area (Å²) in [6.45, 7) is 5.27. The van der Waals surface area contributed by atoms with Gasteiger partial charge >= 0.3 is 5.97 Å². The molecule has 0 aromatic carbocycles. The maximum absolute atomic E-state index is 11.8. The Balaban J connectivity index is 2.31. The fourth-order valence-corrected chi connectivity index (χ4v) is 2.55. The number of likely N-dealkylation sites (N-methyl/N-ethyl adjacent to an activating group) is 1. The lowest BCUT2D eigenvalue weighted by Gasteiger charge is -2.33. The summed E-state index contributed by atoms with van der Waals surface area (Å²) >= 11 is 0. The van der Waals surface area contributed by atoms with Crippen LogP contribution in [0.15, 0.2) is 10.9 Å². The molecule has 0 amide bonds. The van der Waals surface area contributed by atoms with Crippen molar-refractivity contribution in [3.05, 3.63) is 27.7 Å². The Hall–Kier alpha value is -1.86. The maximum Gasteiger partial charge on any atom is 0.323 e. The van der Waals surface area contributed by atoms with E-state index in [4.69, 9.17) is 5.11 Å². The van der Waals surface area contributed by atoms with Gasteiger partial charge < -0.3 is 19.7 Å². The van der Waals surface area contributed by atoms with E-state index >= 15 is 0 Å². The van der Waals surface area contributed by atoms with Crippen molar-refractivity contribution in [2.45, 2.75) is 20.0 Å². The molecule has 1 fully saturated rings. The lowest BCUT2D eigenvalue weighted by molar-refractivity contribution is -0.137. The van der Waals surface area contributed by atoms with Gasteiger partial charge in [-0.3, -0.25) is 14.5 Å². The van der Waals surface area contributed by atoms with Crippen molar-refractivity contribution in [2.75, 3.05) is 33.2 Å². The van der Waals surface area contributed by atoms with Crippen LogP contribution in [0, 0.1) is 6.92 Å². The summed E-state index contributed by atoms with van der Waals surface area (Å²) in [6, 6.07) is 1.27. The van der Waals surface area contributed by atoms with E-state index in [-0.39, 0.29) is 12.3 Å². The van der Waals surface area contributed by atoms with Crippen LogP contribution in [0.4, 0.5) is 0 Å². The molecule has 2 N–H and O–H groups in total.